The van der Waals surface area contributed by atoms with E-state index < -0.39 is 0 Å². The normalized spacial score (nSPS) is 26.3. The van der Waals surface area contributed by atoms with Crippen molar-refractivity contribution in [1.82, 2.24) is 4.90 Å². The third kappa shape index (κ3) is 3.52. The van der Waals surface area contributed by atoms with Crippen LogP contribution in [0.15, 0.2) is 24.3 Å². The van der Waals surface area contributed by atoms with E-state index in [0.717, 1.165) is 31.4 Å². The minimum absolute atomic E-state index is 0.277. The molecule has 2 fully saturated rings. The molecule has 1 amide bonds. The topological polar surface area (TPSA) is 38.8 Å². The summed E-state index contributed by atoms with van der Waals surface area (Å²) in [6.07, 6.45) is 5.00. The van der Waals surface area contributed by atoms with Gasteiger partial charge in [0, 0.05) is 18.7 Å². The van der Waals surface area contributed by atoms with E-state index in [1.165, 1.54) is 5.56 Å². The molecule has 3 rings (SSSR count). The summed E-state index contributed by atoms with van der Waals surface area (Å²) in [5.74, 6) is 1.74. The highest BCUT2D eigenvalue weighted by Gasteiger charge is 2.43. The first kappa shape index (κ1) is 16.3. The molecule has 0 aliphatic carbocycles. The molecule has 0 spiro atoms. The van der Waals surface area contributed by atoms with Gasteiger partial charge < -0.3 is 14.4 Å². The molecule has 0 saturated carbocycles. The maximum atomic E-state index is 12.5. The van der Waals surface area contributed by atoms with Crippen LogP contribution in [0.25, 0.3) is 0 Å². The fourth-order valence-electron chi connectivity index (χ4n) is 4.17. The van der Waals surface area contributed by atoms with Crippen LogP contribution < -0.4 is 4.74 Å². The smallest absolute Gasteiger partial charge is 0.225 e. The summed E-state index contributed by atoms with van der Waals surface area (Å²) in [5.41, 5.74) is 1.38. The third-order valence-electron chi connectivity index (χ3n) is 5.27. The maximum Gasteiger partial charge on any atom is 0.225 e. The lowest BCUT2D eigenvalue weighted by Gasteiger charge is -2.39. The van der Waals surface area contributed by atoms with Gasteiger partial charge in [-0.3, -0.25) is 4.79 Å². The van der Waals surface area contributed by atoms with E-state index in [1.807, 2.05) is 19.1 Å². The fourth-order valence-corrected chi connectivity index (χ4v) is 4.17. The lowest BCUT2D eigenvalue weighted by Crippen LogP contribution is -2.46. The van der Waals surface area contributed by atoms with Crippen molar-refractivity contribution in [1.29, 1.82) is 0 Å². The Morgan fingerprint density at radius 3 is 2.39 bits per heavy atom. The molecular weight excluding hydrogens is 290 g/mol. The van der Waals surface area contributed by atoms with Crippen LogP contribution in [0.1, 0.15) is 50.5 Å². The highest BCUT2D eigenvalue weighted by Crippen LogP contribution is 2.43. The molecule has 2 bridgehead atoms. The Labute approximate surface area is 138 Å². The fraction of sp³-hybridized carbons (Fsp3) is 0.632. The van der Waals surface area contributed by atoms with Crippen LogP contribution >= 0.6 is 0 Å². The molecule has 1 aromatic carbocycles. The lowest BCUT2D eigenvalue weighted by atomic mass is 9.85. The summed E-state index contributed by atoms with van der Waals surface area (Å²) in [7, 11) is 1.70. The number of fused-ring (bicyclic) bond motifs is 2. The van der Waals surface area contributed by atoms with E-state index in [4.69, 9.17) is 9.47 Å². The van der Waals surface area contributed by atoms with Crippen LogP contribution in [0, 0.1) is 0 Å². The summed E-state index contributed by atoms with van der Waals surface area (Å²) in [6, 6.07) is 9.25. The predicted octanol–water partition coefficient (Wildman–Crippen LogP) is 3.36. The summed E-state index contributed by atoms with van der Waals surface area (Å²) in [6.45, 7) is 3.20. The third-order valence-corrected chi connectivity index (χ3v) is 5.27. The number of carbonyl (C=O) groups excluding carboxylic acids is 1. The number of methoxy groups -OCH3 is 1. The Balaban J connectivity index is 1.63. The van der Waals surface area contributed by atoms with E-state index in [9.17, 15) is 4.79 Å². The Hall–Kier alpha value is -1.55. The number of hydrogen-bond donors (Lipinski definition) is 0. The van der Waals surface area contributed by atoms with E-state index >= 15 is 0 Å². The number of piperidine rings is 1. The van der Waals surface area contributed by atoms with Gasteiger partial charge in [0.15, 0.2) is 0 Å². The van der Waals surface area contributed by atoms with Gasteiger partial charge in [0.25, 0.3) is 0 Å². The van der Waals surface area contributed by atoms with Crippen molar-refractivity contribution in [3.8, 4) is 5.75 Å². The number of amides is 1. The van der Waals surface area contributed by atoms with Crippen LogP contribution in [0.4, 0.5) is 0 Å². The van der Waals surface area contributed by atoms with Gasteiger partial charge in [0.05, 0.1) is 20.1 Å². The van der Waals surface area contributed by atoms with Gasteiger partial charge in [-0.15, -0.1) is 0 Å². The minimum atomic E-state index is 0.277. The predicted molar refractivity (Wildman–Crippen MR) is 89.7 cm³/mol. The monoisotopic (exact) mass is 317 g/mol. The molecule has 2 aliphatic heterocycles. The van der Waals surface area contributed by atoms with Crippen LogP contribution in [0.2, 0.25) is 0 Å². The maximum absolute atomic E-state index is 12.5. The van der Waals surface area contributed by atoms with Crippen LogP contribution in [0.3, 0.4) is 0 Å². The van der Waals surface area contributed by atoms with Gasteiger partial charge in [-0.05, 0) is 56.2 Å². The number of benzene rings is 1. The second kappa shape index (κ2) is 7.35. The van der Waals surface area contributed by atoms with Crippen molar-refractivity contribution >= 4 is 5.91 Å². The molecule has 4 nitrogen and oxygen atoms in total. The van der Waals surface area contributed by atoms with Gasteiger partial charge in [-0.1, -0.05) is 12.1 Å². The molecular formula is C19H27NO3. The average molecular weight is 317 g/mol. The van der Waals surface area contributed by atoms with E-state index in [2.05, 4.69) is 17.0 Å². The van der Waals surface area contributed by atoms with Crippen molar-refractivity contribution < 1.29 is 14.3 Å². The first-order chi connectivity index (χ1) is 11.2. The van der Waals surface area contributed by atoms with E-state index in [1.54, 1.807) is 7.11 Å². The second-order valence-corrected chi connectivity index (χ2v) is 6.57. The SMILES string of the molecule is CCOCCC(=O)N1[C@@H]2CC[C@H]1CC(c1ccc(OC)cc1)C2. The van der Waals surface area contributed by atoms with Crippen molar-refractivity contribution in [3.05, 3.63) is 29.8 Å². The largest absolute Gasteiger partial charge is 0.497 e. The molecule has 0 aromatic heterocycles. The molecule has 3 atom stereocenters. The standard InChI is InChI=1S/C19H27NO3/c1-3-23-11-10-19(21)20-16-6-7-17(20)13-15(12-16)14-4-8-18(22-2)9-5-14/h4-5,8-9,15-17H,3,6-7,10-13H2,1-2H3/t15?,16-,17+. The van der Waals surface area contributed by atoms with E-state index in [0.29, 0.717) is 37.6 Å². The Morgan fingerprint density at radius 1 is 1.17 bits per heavy atom. The molecule has 1 unspecified atom stereocenters. The summed E-state index contributed by atoms with van der Waals surface area (Å²) < 4.78 is 10.6. The quantitative estimate of drug-likeness (QED) is 0.755. The summed E-state index contributed by atoms with van der Waals surface area (Å²) in [5, 5.41) is 0. The van der Waals surface area contributed by atoms with Crippen LogP contribution in [0.5, 0.6) is 5.75 Å². The van der Waals surface area contributed by atoms with Crippen molar-refractivity contribution in [2.24, 2.45) is 0 Å². The molecule has 2 saturated heterocycles. The number of ether oxygens (including phenoxy) is 2. The summed E-state index contributed by atoms with van der Waals surface area (Å²) >= 11 is 0. The molecule has 126 valence electrons. The highest BCUT2D eigenvalue weighted by molar-refractivity contribution is 5.77. The highest BCUT2D eigenvalue weighted by atomic mass is 16.5. The number of nitrogens with zero attached hydrogens (tertiary/aromatic N) is 1. The summed E-state index contributed by atoms with van der Waals surface area (Å²) in [4.78, 5) is 14.7. The van der Waals surface area contributed by atoms with Gasteiger partial charge in [-0.25, -0.2) is 0 Å². The van der Waals surface area contributed by atoms with Gasteiger partial charge >= 0.3 is 0 Å². The number of carbonyl (C=O) groups is 1. The van der Waals surface area contributed by atoms with Crippen LogP contribution in [-0.4, -0.2) is 43.2 Å². The zero-order valence-corrected chi connectivity index (χ0v) is 14.2. The van der Waals surface area contributed by atoms with Crippen molar-refractivity contribution in [3.63, 3.8) is 0 Å². The molecule has 23 heavy (non-hydrogen) atoms. The molecule has 1 aromatic rings. The molecule has 4 heteroatoms. The first-order valence-electron chi connectivity index (χ1n) is 8.75. The molecule has 2 heterocycles. The minimum Gasteiger partial charge on any atom is -0.497 e. The molecule has 0 N–H and O–H groups in total. The Morgan fingerprint density at radius 2 is 1.83 bits per heavy atom. The average Bonchev–Trinajstić information content (AvgIpc) is 2.85. The lowest BCUT2D eigenvalue weighted by molar-refractivity contribution is -0.136. The Kier molecular flexibility index (Phi) is 5.21. The van der Waals surface area contributed by atoms with Gasteiger partial charge in [0.1, 0.15) is 5.75 Å². The zero-order valence-electron chi connectivity index (χ0n) is 14.2. The first-order valence-corrected chi connectivity index (χ1v) is 8.75. The van der Waals surface area contributed by atoms with Gasteiger partial charge in [-0.2, -0.15) is 0 Å². The van der Waals surface area contributed by atoms with Crippen molar-refractivity contribution in [2.75, 3.05) is 20.3 Å². The van der Waals surface area contributed by atoms with E-state index in [-0.39, 0.29) is 5.91 Å². The van der Waals surface area contributed by atoms with Crippen LogP contribution in [-0.2, 0) is 9.53 Å². The molecule has 2 aliphatic rings. The zero-order chi connectivity index (χ0) is 16.2. The number of rotatable bonds is 6. The second-order valence-electron chi connectivity index (χ2n) is 6.57. The number of hydrogen-bond acceptors (Lipinski definition) is 3. The van der Waals surface area contributed by atoms with Gasteiger partial charge in [0.2, 0.25) is 5.91 Å². The molecule has 0 radical (unpaired) electrons. The van der Waals surface area contributed by atoms with Crippen molar-refractivity contribution in [2.45, 2.75) is 57.0 Å². The Bertz CT molecular complexity index is 514.